The molecule has 0 aromatic heterocycles. The first-order chi connectivity index (χ1) is 14.0. The third-order valence-corrected chi connectivity index (χ3v) is 5.75. The number of carbonyl (C=O) groups excluding carboxylic acids is 2. The lowest BCUT2D eigenvalue weighted by molar-refractivity contribution is -0.119. The van der Waals surface area contributed by atoms with E-state index in [9.17, 15) is 9.59 Å². The fraction of sp³-hybridized carbons (Fsp3) is 0.333. The van der Waals surface area contributed by atoms with Gasteiger partial charge in [-0.15, -0.1) is 0 Å². The van der Waals surface area contributed by atoms with Gasteiger partial charge in [0.2, 0.25) is 5.91 Å². The lowest BCUT2D eigenvalue weighted by Gasteiger charge is -2.38. The summed E-state index contributed by atoms with van der Waals surface area (Å²) in [5.74, 6) is 1.15. The number of nitrogens with zero attached hydrogens (tertiary/aromatic N) is 1. The van der Waals surface area contributed by atoms with Gasteiger partial charge < -0.3 is 9.47 Å². The molecule has 0 spiro atoms. The Bertz CT molecular complexity index is 1010. The molecular weight excluding hydrogens is 366 g/mol. The summed E-state index contributed by atoms with van der Waals surface area (Å²) in [6, 6.07) is 13.4. The van der Waals surface area contributed by atoms with Crippen molar-refractivity contribution in [3.05, 3.63) is 64.9 Å². The van der Waals surface area contributed by atoms with E-state index in [1.807, 2.05) is 43.3 Å². The molecule has 0 fully saturated rings. The van der Waals surface area contributed by atoms with Crippen molar-refractivity contribution in [1.29, 1.82) is 0 Å². The van der Waals surface area contributed by atoms with Crippen LogP contribution >= 0.6 is 0 Å². The van der Waals surface area contributed by atoms with Gasteiger partial charge in [-0.3, -0.25) is 14.5 Å². The maximum Gasteiger partial charge on any atom is 0.232 e. The summed E-state index contributed by atoms with van der Waals surface area (Å²) in [4.78, 5) is 28.1. The molecule has 1 aliphatic heterocycles. The van der Waals surface area contributed by atoms with Gasteiger partial charge in [-0.2, -0.15) is 0 Å². The summed E-state index contributed by atoms with van der Waals surface area (Å²) < 4.78 is 10.9. The highest BCUT2D eigenvalue weighted by Crippen LogP contribution is 2.46. The van der Waals surface area contributed by atoms with E-state index in [-0.39, 0.29) is 24.0 Å². The zero-order valence-electron chi connectivity index (χ0n) is 17.0. The largest absolute Gasteiger partial charge is 0.497 e. The number of ketones is 1. The SMILES string of the molecule is COc1ccc([C@H]2CC(=O)N(c3cccc(C)c3)C3=C2C(=O)CCC3)c(OC)c1. The van der Waals surface area contributed by atoms with Crippen molar-refractivity contribution < 1.29 is 19.1 Å². The van der Waals surface area contributed by atoms with Crippen LogP contribution in [0.15, 0.2) is 53.7 Å². The number of rotatable bonds is 4. The molecule has 0 bridgehead atoms. The van der Waals surface area contributed by atoms with Crippen molar-refractivity contribution in [3.8, 4) is 11.5 Å². The van der Waals surface area contributed by atoms with Gasteiger partial charge in [0.25, 0.3) is 0 Å². The maximum atomic E-state index is 13.3. The van der Waals surface area contributed by atoms with E-state index < -0.39 is 0 Å². The van der Waals surface area contributed by atoms with Crippen LogP contribution in [0.4, 0.5) is 5.69 Å². The number of amides is 1. The second kappa shape index (κ2) is 7.74. The van der Waals surface area contributed by atoms with E-state index in [2.05, 4.69) is 0 Å². The Hall–Kier alpha value is -3.08. The number of hydrogen-bond donors (Lipinski definition) is 0. The molecule has 0 saturated carbocycles. The molecule has 1 heterocycles. The number of hydrogen-bond acceptors (Lipinski definition) is 4. The first-order valence-corrected chi connectivity index (χ1v) is 9.91. The van der Waals surface area contributed by atoms with Crippen molar-refractivity contribution in [2.75, 3.05) is 19.1 Å². The van der Waals surface area contributed by atoms with Crippen molar-refractivity contribution in [3.63, 3.8) is 0 Å². The van der Waals surface area contributed by atoms with Crippen LogP contribution in [0.1, 0.15) is 42.7 Å². The molecule has 2 aromatic rings. The van der Waals surface area contributed by atoms with Crippen LogP contribution in [-0.2, 0) is 9.59 Å². The number of ether oxygens (including phenoxy) is 2. The molecule has 0 unspecified atom stereocenters. The number of aryl methyl sites for hydroxylation is 1. The van der Waals surface area contributed by atoms with E-state index in [0.717, 1.165) is 40.9 Å². The summed E-state index contributed by atoms with van der Waals surface area (Å²) in [5, 5.41) is 0. The number of carbonyl (C=O) groups is 2. The van der Waals surface area contributed by atoms with Gasteiger partial charge in [0.05, 0.1) is 14.2 Å². The predicted molar refractivity (Wildman–Crippen MR) is 111 cm³/mol. The predicted octanol–water partition coefficient (Wildman–Crippen LogP) is 4.54. The molecule has 150 valence electrons. The Morgan fingerprint density at radius 1 is 1.00 bits per heavy atom. The normalized spacial score (nSPS) is 19.3. The molecule has 2 aromatic carbocycles. The highest BCUT2D eigenvalue weighted by molar-refractivity contribution is 6.07. The van der Waals surface area contributed by atoms with Gasteiger partial charge in [0.15, 0.2) is 5.78 Å². The van der Waals surface area contributed by atoms with Crippen molar-refractivity contribution in [2.24, 2.45) is 0 Å². The summed E-state index contributed by atoms with van der Waals surface area (Å²) in [7, 11) is 3.20. The molecule has 2 aliphatic rings. The molecule has 4 rings (SSSR count). The van der Waals surface area contributed by atoms with Gasteiger partial charge in [-0.05, 0) is 43.5 Å². The number of methoxy groups -OCH3 is 2. The topological polar surface area (TPSA) is 55.8 Å². The smallest absolute Gasteiger partial charge is 0.232 e. The number of benzene rings is 2. The van der Waals surface area contributed by atoms with Crippen LogP contribution in [0.5, 0.6) is 11.5 Å². The minimum atomic E-state index is -0.299. The van der Waals surface area contributed by atoms with Gasteiger partial charge in [0.1, 0.15) is 11.5 Å². The second-order valence-electron chi connectivity index (χ2n) is 7.57. The molecule has 0 N–H and O–H groups in total. The van der Waals surface area contributed by atoms with E-state index >= 15 is 0 Å². The summed E-state index contributed by atoms with van der Waals surface area (Å²) >= 11 is 0. The maximum absolute atomic E-state index is 13.3. The standard InChI is InChI=1S/C24H25NO4/c1-15-6-4-7-16(12-15)25-20-8-5-9-21(26)24(20)19(14-23(25)27)18-11-10-17(28-2)13-22(18)29-3/h4,6-7,10-13,19H,5,8-9,14H2,1-3H3/t19-/m1/s1. The zero-order chi connectivity index (χ0) is 20.5. The Morgan fingerprint density at radius 3 is 2.55 bits per heavy atom. The lowest BCUT2D eigenvalue weighted by Crippen LogP contribution is -2.40. The molecule has 29 heavy (non-hydrogen) atoms. The van der Waals surface area contributed by atoms with Crippen LogP contribution in [0, 0.1) is 6.92 Å². The van der Waals surface area contributed by atoms with Crippen LogP contribution in [0.2, 0.25) is 0 Å². The molecule has 1 aliphatic carbocycles. The number of allylic oxidation sites excluding steroid dienone is 2. The number of anilines is 1. The highest BCUT2D eigenvalue weighted by atomic mass is 16.5. The molecule has 0 saturated heterocycles. The second-order valence-corrected chi connectivity index (χ2v) is 7.57. The Balaban J connectivity index is 1.87. The molecular formula is C24H25NO4. The minimum Gasteiger partial charge on any atom is -0.497 e. The first kappa shape index (κ1) is 19.2. The average molecular weight is 391 g/mol. The average Bonchev–Trinajstić information content (AvgIpc) is 2.72. The van der Waals surface area contributed by atoms with Crippen LogP contribution in [0.25, 0.3) is 0 Å². The molecule has 0 radical (unpaired) electrons. The van der Waals surface area contributed by atoms with Crippen LogP contribution in [0.3, 0.4) is 0 Å². The third kappa shape index (κ3) is 3.41. The third-order valence-electron chi connectivity index (χ3n) is 5.75. The van der Waals surface area contributed by atoms with Crippen LogP contribution in [-0.4, -0.2) is 25.9 Å². The van der Waals surface area contributed by atoms with Crippen molar-refractivity contribution in [1.82, 2.24) is 0 Å². The number of Topliss-reactive ketones (excluding diaryl/α,β-unsaturated/α-hetero) is 1. The quantitative estimate of drug-likeness (QED) is 0.768. The zero-order valence-corrected chi connectivity index (χ0v) is 17.0. The van der Waals surface area contributed by atoms with E-state index in [4.69, 9.17) is 9.47 Å². The van der Waals surface area contributed by atoms with Gasteiger partial charge >= 0.3 is 0 Å². The Morgan fingerprint density at radius 2 is 1.83 bits per heavy atom. The Kier molecular flexibility index (Phi) is 5.14. The molecule has 5 heteroatoms. The fourth-order valence-corrected chi connectivity index (χ4v) is 4.43. The summed E-state index contributed by atoms with van der Waals surface area (Å²) in [6.45, 7) is 2.00. The van der Waals surface area contributed by atoms with Crippen molar-refractivity contribution in [2.45, 2.75) is 38.5 Å². The Labute approximate surface area is 170 Å². The van der Waals surface area contributed by atoms with Crippen molar-refractivity contribution >= 4 is 17.4 Å². The molecule has 1 atom stereocenters. The summed E-state index contributed by atoms with van der Waals surface area (Å²) in [6.07, 6.45) is 2.24. The monoisotopic (exact) mass is 391 g/mol. The van der Waals surface area contributed by atoms with E-state index in [1.165, 1.54) is 0 Å². The molecule has 1 amide bonds. The van der Waals surface area contributed by atoms with Gasteiger partial charge in [-0.1, -0.05) is 18.2 Å². The molecule has 5 nitrogen and oxygen atoms in total. The van der Waals surface area contributed by atoms with E-state index in [0.29, 0.717) is 17.9 Å². The van der Waals surface area contributed by atoms with Crippen LogP contribution < -0.4 is 14.4 Å². The van der Waals surface area contributed by atoms with Gasteiger partial charge in [-0.25, -0.2) is 0 Å². The summed E-state index contributed by atoms with van der Waals surface area (Å²) in [5.41, 5.74) is 4.36. The first-order valence-electron chi connectivity index (χ1n) is 9.91. The fourth-order valence-electron chi connectivity index (χ4n) is 4.43. The van der Waals surface area contributed by atoms with E-state index in [1.54, 1.807) is 25.2 Å². The highest BCUT2D eigenvalue weighted by Gasteiger charge is 2.40. The lowest BCUT2D eigenvalue weighted by atomic mass is 9.76. The van der Waals surface area contributed by atoms with Gasteiger partial charge in [0, 0.05) is 47.3 Å². The minimum absolute atomic E-state index is 0.00641.